The molecule has 0 bridgehead atoms. The third-order valence-electron chi connectivity index (χ3n) is 5.66. The first-order chi connectivity index (χ1) is 13.7. The van der Waals surface area contributed by atoms with Gasteiger partial charge in [-0.15, -0.1) is 0 Å². The number of carbonyl (C=O) groups excluding carboxylic acids is 1. The Hall–Kier alpha value is -2.38. The predicted octanol–water partition coefficient (Wildman–Crippen LogP) is 2.56. The van der Waals surface area contributed by atoms with Gasteiger partial charge in [-0.1, -0.05) is 18.2 Å². The molecule has 2 aromatic rings. The van der Waals surface area contributed by atoms with E-state index in [9.17, 15) is 9.18 Å². The van der Waals surface area contributed by atoms with Crippen molar-refractivity contribution in [2.75, 3.05) is 32.9 Å². The summed E-state index contributed by atoms with van der Waals surface area (Å²) in [5.41, 5.74) is 0.650. The van der Waals surface area contributed by atoms with E-state index in [1.807, 2.05) is 11.0 Å². The molecule has 0 spiro atoms. The molecule has 7 heteroatoms. The Morgan fingerprint density at radius 1 is 1.21 bits per heavy atom. The van der Waals surface area contributed by atoms with Gasteiger partial charge < -0.3 is 14.4 Å². The highest BCUT2D eigenvalue weighted by Gasteiger charge is 2.44. The third-order valence-corrected chi connectivity index (χ3v) is 5.66. The Balaban J connectivity index is 1.56. The van der Waals surface area contributed by atoms with Crippen molar-refractivity contribution in [2.24, 2.45) is 5.41 Å². The van der Waals surface area contributed by atoms with Crippen molar-refractivity contribution in [3.8, 4) is 0 Å². The van der Waals surface area contributed by atoms with Crippen molar-refractivity contribution in [2.45, 2.75) is 25.4 Å². The van der Waals surface area contributed by atoms with Gasteiger partial charge in [-0.25, -0.2) is 4.39 Å². The molecule has 2 aliphatic rings. The Kier molecular flexibility index (Phi) is 5.64. The lowest BCUT2D eigenvalue weighted by molar-refractivity contribution is -0.155. The van der Waals surface area contributed by atoms with E-state index in [-0.39, 0.29) is 17.8 Å². The first-order valence-electron chi connectivity index (χ1n) is 9.66. The monoisotopic (exact) mass is 385 g/mol. The number of carbonyl (C=O) groups is 1. The van der Waals surface area contributed by atoms with E-state index in [0.717, 1.165) is 5.69 Å². The second-order valence-corrected chi connectivity index (χ2v) is 7.40. The molecule has 0 unspecified atom stereocenters. The minimum Gasteiger partial charge on any atom is -0.381 e. The molecule has 148 valence electrons. The van der Waals surface area contributed by atoms with E-state index in [1.54, 1.807) is 30.7 Å². The number of hydrogen-bond donors (Lipinski definition) is 0. The molecule has 2 saturated heterocycles. The van der Waals surface area contributed by atoms with Crippen LogP contribution in [0.5, 0.6) is 0 Å². The van der Waals surface area contributed by atoms with Crippen LogP contribution in [0.2, 0.25) is 0 Å². The summed E-state index contributed by atoms with van der Waals surface area (Å²) in [6, 6.07) is 6.70. The zero-order chi connectivity index (χ0) is 19.4. The largest absolute Gasteiger partial charge is 0.381 e. The Labute approximate surface area is 163 Å². The van der Waals surface area contributed by atoms with Crippen molar-refractivity contribution in [3.63, 3.8) is 0 Å². The number of morpholine rings is 1. The van der Waals surface area contributed by atoms with E-state index in [4.69, 9.17) is 9.47 Å². The molecule has 3 heterocycles. The number of ether oxygens (including phenoxy) is 2. The average molecular weight is 385 g/mol. The fourth-order valence-corrected chi connectivity index (χ4v) is 4.06. The van der Waals surface area contributed by atoms with Crippen LogP contribution in [-0.4, -0.2) is 53.7 Å². The molecule has 1 amide bonds. The second-order valence-electron chi connectivity index (χ2n) is 7.40. The lowest BCUT2D eigenvalue weighted by Gasteiger charge is -2.42. The quantitative estimate of drug-likeness (QED) is 0.809. The third kappa shape index (κ3) is 3.91. The Bertz CT molecular complexity index is 812. The molecule has 4 rings (SSSR count). The molecule has 28 heavy (non-hydrogen) atoms. The first-order valence-corrected chi connectivity index (χ1v) is 9.66. The van der Waals surface area contributed by atoms with Crippen LogP contribution >= 0.6 is 0 Å². The molecular formula is C21H24FN3O3. The first kappa shape index (κ1) is 19.0. The molecular weight excluding hydrogens is 361 g/mol. The molecule has 0 radical (unpaired) electrons. The van der Waals surface area contributed by atoms with Crippen LogP contribution < -0.4 is 0 Å². The van der Waals surface area contributed by atoms with Gasteiger partial charge in [0.15, 0.2) is 0 Å². The lowest BCUT2D eigenvalue weighted by Crippen LogP contribution is -2.52. The molecule has 6 nitrogen and oxygen atoms in total. The van der Waals surface area contributed by atoms with Crippen molar-refractivity contribution in [1.29, 1.82) is 0 Å². The predicted molar refractivity (Wildman–Crippen MR) is 99.9 cm³/mol. The molecule has 1 aromatic heterocycles. The summed E-state index contributed by atoms with van der Waals surface area (Å²) in [5, 5.41) is 0. The molecule has 0 saturated carbocycles. The summed E-state index contributed by atoms with van der Waals surface area (Å²) >= 11 is 0. The minimum absolute atomic E-state index is 0.0521. The smallest absolute Gasteiger partial charge is 0.229 e. The zero-order valence-electron chi connectivity index (χ0n) is 15.7. The highest BCUT2D eigenvalue weighted by atomic mass is 19.1. The van der Waals surface area contributed by atoms with Gasteiger partial charge in [0.25, 0.3) is 0 Å². The second kappa shape index (κ2) is 8.32. The van der Waals surface area contributed by atoms with Gasteiger partial charge in [0.1, 0.15) is 11.9 Å². The van der Waals surface area contributed by atoms with E-state index in [0.29, 0.717) is 57.7 Å². The minimum atomic E-state index is -0.648. The molecule has 2 aliphatic heterocycles. The number of halogens is 1. The normalized spacial score (nSPS) is 22.0. The molecule has 0 N–H and O–H groups in total. The number of aromatic nitrogens is 2. The van der Waals surface area contributed by atoms with Crippen molar-refractivity contribution < 1.29 is 18.7 Å². The highest BCUT2D eigenvalue weighted by molar-refractivity contribution is 5.83. The van der Waals surface area contributed by atoms with Crippen LogP contribution in [0.15, 0.2) is 42.9 Å². The highest BCUT2D eigenvalue weighted by Crippen LogP contribution is 2.38. The number of hydrogen-bond acceptors (Lipinski definition) is 5. The number of benzene rings is 1. The summed E-state index contributed by atoms with van der Waals surface area (Å²) in [7, 11) is 0. The number of nitrogens with zero attached hydrogens (tertiary/aromatic N) is 3. The van der Waals surface area contributed by atoms with Crippen molar-refractivity contribution in [1.82, 2.24) is 14.9 Å². The van der Waals surface area contributed by atoms with Gasteiger partial charge in [-0.3, -0.25) is 14.8 Å². The van der Waals surface area contributed by atoms with Crippen LogP contribution in [0.3, 0.4) is 0 Å². The fourth-order valence-electron chi connectivity index (χ4n) is 4.06. The van der Waals surface area contributed by atoms with E-state index < -0.39 is 5.41 Å². The van der Waals surface area contributed by atoms with E-state index >= 15 is 0 Å². The summed E-state index contributed by atoms with van der Waals surface area (Å²) in [6.45, 7) is 2.42. The van der Waals surface area contributed by atoms with E-state index in [1.165, 1.54) is 6.07 Å². The average Bonchev–Trinajstić information content (AvgIpc) is 2.76. The van der Waals surface area contributed by atoms with Crippen LogP contribution in [-0.2, 0) is 20.7 Å². The van der Waals surface area contributed by atoms with Crippen molar-refractivity contribution in [3.05, 3.63) is 59.9 Å². The van der Waals surface area contributed by atoms with Gasteiger partial charge in [0, 0.05) is 32.2 Å². The van der Waals surface area contributed by atoms with Gasteiger partial charge >= 0.3 is 0 Å². The summed E-state index contributed by atoms with van der Waals surface area (Å²) in [4.78, 5) is 23.9. The maximum atomic E-state index is 14.3. The standard InChI is InChI=1S/C21H24FN3O3/c22-17-4-2-1-3-16(17)13-21(5-10-27-11-6-21)20(26)25-9-12-28-19(15-25)18-14-23-7-8-24-18/h1-4,7-8,14,19H,5-6,9-13,15H2/t19-/m0/s1. The number of amides is 1. The Morgan fingerprint density at radius 2 is 2.04 bits per heavy atom. The number of rotatable bonds is 4. The molecule has 2 fully saturated rings. The fraction of sp³-hybridized carbons (Fsp3) is 0.476. The van der Waals surface area contributed by atoms with Gasteiger partial charge in [0.2, 0.25) is 5.91 Å². The summed E-state index contributed by atoms with van der Waals surface area (Å²) in [5.74, 6) is -0.211. The maximum absolute atomic E-state index is 14.3. The molecule has 1 aromatic carbocycles. The topological polar surface area (TPSA) is 64.6 Å². The SMILES string of the molecule is O=C(N1CCO[C@H](c2cnccn2)C1)C1(Cc2ccccc2F)CCOCC1. The van der Waals surface area contributed by atoms with Crippen LogP contribution in [0, 0.1) is 11.2 Å². The lowest BCUT2D eigenvalue weighted by atomic mass is 9.73. The summed E-state index contributed by atoms with van der Waals surface area (Å²) in [6.07, 6.45) is 6.17. The molecule has 1 atom stereocenters. The summed E-state index contributed by atoms with van der Waals surface area (Å²) < 4.78 is 25.6. The molecule has 0 aliphatic carbocycles. The van der Waals surface area contributed by atoms with Crippen LogP contribution in [0.25, 0.3) is 0 Å². The maximum Gasteiger partial charge on any atom is 0.229 e. The van der Waals surface area contributed by atoms with Crippen LogP contribution in [0.1, 0.15) is 30.2 Å². The zero-order valence-corrected chi connectivity index (χ0v) is 15.7. The van der Waals surface area contributed by atoms with Gasteiger partial charge in [-0.05, 0) is 30.9 Å². The van der Waals surface area contributed by atoms with E-state index in [2.05, 4.69) is 9.97 Å². The van der Waals surface area contributed by atoms with Gasteiger partial charge in [0.05, 0.1) is 30.5 Å². The van der Waals surface area contributed by atoms with Crippen molar-refractivity contribution >= 4 is 5.91 Å². The van der Waals surface area contributed by atoms with Crippen LogP contribution in [0.4, 0.5) is 4.39 Å². The van der Waals surface area contributed by atoms with Gasteiger partial charge in [-0.2, -0.15) is 0 Å². The Morgan fingerprint density at radius 3 is 2.79 bits per heavy atom.